The minimum Gasteiger partial charge on any atom is -0.356 e. The van der Waals surface area contributed by atoms with Gasteiger partial charge in [-0.1, -0.05) is 31.4 Å². The van der Waals surface area contributed by atoms with Gasteiger partial charge in [-0.2, -0.15) is 17.5 Å². The molecule has 1 aliphatic rings. The smallest absolute Gasteiger partial charge is 0.356 e. The number of carbonyl (C=O) groups is 1. The number of sulfonamides is 1. The van der Waals surface area contributed by atoms with Crippen molar-refractivity contribution in [2.75, 3.05) is 19.6 Å². The Balaban J connectivity index is 2.04. The minimum atomic E-state index is -4.67. The first-order valence-electron chi connectivity index (χ1n) is 9.22. The topological polar surface area (TPSA) is 66.5 Å². The maximum Gasteiger partial charge on any atom is 0.416 e. The molecule has 1 heterocycles. The minimum absolute atomic E-state index is 0.0575. The number of rotatable bonds is 7. The molecule has 1 aromatic carbocycles. The molecule has 0 unspecified atom stereocenters. The lowest BCUT2D eigenvalue weighted by Crippen LogP contribution is -2.43. The van der Waals surface area contributed by atoms with E-state index in [-0.39, 0.29) is 29.9 Å². The largest absolute Gasteiger partial charge is 0.416 e. The van der Waals surface area contributed by atoms with Crippen LogP contribution in [-0.2, 0) is 21.0 Å². The molecule has 1 fully saturated rings. The van der Waals surface area contributed by atoms with Crippen molar-refractivity contribution in [2.45, 2.75) is 50.1 Å². The molecule has 0 saturated carbocycles. The fourth-order valence-electron chi connectivity index (χ4n) is 3.11. The van der Waals surface area contributed by atoms with Crippen LogP contribution in [0.1, 0.15) is 44.6 Å². The third-order valence-corrected chi connectivity index (χ3v) is 7.16. The van der Waals surface area contributed by atoms with E-state index in [1.54, 1.807) is 0 Å². The molecule has 28 heavy (non-hydrogen) atoms. The van der Waals surface area contributed by atoms with Crippen molar-refractivity contribution in [1.82, 2.24) is 9.62 Å². The van der Waals surface area contributed by atoms with E-state index < -0.39 is 26.7 Å². The van der Waals surface area contributed by atoms with Crippen molar-refractivity contribution in [3.8, 4) is 0 Å². The maximum atomic E-state index is 12.9. The SMILES string of the molecule is CCCCCNC(=O)C1CCN(S(=O)(=O)c2cc(C(F)(F)F)ccc2Cl)CC1. The number of carbonyl (C=O) groups excluding carboxylic acids is 1. The van der Waals surface area contributed by atoms with Crippen LogP contribution in [0.5, 0.6) is 0 Å². The van der Waals surface area contributed by atoms with Crippen molar-refractivity contribution in [2.24, 2.45) is 5.92 Å². The molecule has 0 atom stereocenters. The Hall–Kier alpha value is -1.32. The van der Waals surface area contributed by atoms with Crippen molar-refractivity contribution < 1.29 is 26.4 Å². The van der Waals surface area contributed by atoms with Gasteiger partial charge in [0, 0.05) is 25.6 Å². The summed E-state index contributed by atoms with van der Waals surface area (Å²) in [5.74, 6) is -0.407. The van der Waals surface area contributed by atoms with Gasteiger partial charge in [-0.25, -0.2) is 8.42 Å². The molecular weight excluding hydrogens is 417 g/mol. The molecule has 0 radical (unpaired) electrons. The summed E-state index contributed by atoms with van der Waals surface area (Å²) >= 11 is 5.87. The molecule has 1 saturated heterocycles. The summed E-state index contributed by atoms with van der Waals surface area (Å²) in [6, 6.07) is 2.24. The summed E-state index contributed by atoms with van der Waals surface area (Å²) in [4.78, 5) is 11.6. The molecule has 1 N–H and O–H groups in total. The Labute approximate surface area is 168 Å². The van der Waals surface area contributed by atoms with Crippen LogP contribution in [0.4, 0.5) is 13.2 Å². The lowest BCUT2D eigenvalue weighted by molar-refractivity contribution is -0.137. The summed E-state index contributed by atoms with van der Waals surface area (Å²) in [6.07, 6.45) is -1.08. The molecule has 1 aromatic rings. The Morgan fingerprint density at radius 2 is 1.89 bits per heavy atom. The van der Waals surface area contributed by atoms with Gasteiger partial charge in [0.15, 0.2) is 0 Å². The first kappa shape index (κ1) is 23.0. The number of hydrogen-bond acceptors (Lipinski definition) is 3. The average molecular weight is 441 g/mol. The maximum absolute atomic E-state index is 12.9. The summed E-state index contributed by atoms with van der Waals surface area (Å²) in [5.41, 5.74) is -1.07. The molecule has 0 aromatic heterocycles. The molecule has 1 amide bonds. The Morgan fingerprint density at radius 3 is 2.46 bits per heavy atom. The monoisotopic (exact) mass is 440 g/mol. The highest BCUT2D eigenvalue weighted by atomic mass is 35.5. The number of unbranched alkanes of at least 4 members (excludes halogenated alkanes) is 2. The first-order chi connectivity index (χ1) is 13.1. The van der Waals surface area contributed by atoms with Gasteiger partial charge in [0.2, 0.25) is 15.9 Å². The van der Waals surface area contributed by atoms with Gasteiger partial charge in [-0.15, -0.1) is 0 Å². The van der Waals surface area contributed by atoms with Crippen LogP contribution < -0.4 is 5.32 Å². The molecule has 10 heteroatoms. The Morgan fingerprint density at radius 1 is 1.25 bits per heavy atom. The third-order valence-electron chi connectivity index (χ3n) is 4.78. The van der Waals surface area contributed by atoms with E-state index in [0.717, 1.165) is 35.7 Å². The first-order valence-corrected chi connectivity index (χ1v) is 11.0. The number of benzene rings is 1. The zero-order valence-corrected chi connectivity index (χ0v) is 17.1. The molecule has 5 nitrogen and oxygen atoms in total. The summed E-state index contributed by atoms with van der Waals surface area (Å²) in [5, 5.41) is 2.59. The lowest BCUT2D eigenvalue weighted by Gasteiger charge is -2.31. The highest BCUT2D eigenvalue weighted by Crippen LogP contribution is 2.35. The highest BCUT2D eigenvalue weighted by molar-refractivity contribution is 7.89. The number of piperidine rings is 1. The van der Waals surface area contributed by atoms with Crippen LogP contribution >= 0.6 is 11.6 Å². The van der Waals surface area contributed by atoms with Crippen molar-refractivity contribution >= 4 is 27.5 Å². The van der Waals surface area contributed by atoms with Crippen LogP contribution in [0.2, 0.25) is 5.02 Å². The van der Waals surface area contributed by atoms with Gasteiger partial charge in [-0.05, 0) is 37.5 Å². The molecule has 0 aliphatic carbocycles. The molecule has 0 spiro atoms. The van der Waals surface area contributed by atoms with Gasteiger partial charge < -0.3 is 5.32 Å². The number of nitrogens with zero attached hydrogens (tertiary/aromatic N) is 1. The van der Waals surface area contributed by atoms with E-state index >= 15 is 0 Å². The summed E-state index contributed by atoms with van der Waals surface area (Å²) in [6.45, 7) is 2.77. The number of nitrogens with one attached hydrogen (secondary N) is 1. The molecule has 158 valence electrons. The fraction of sp³-hybridized carbons (Fsp3) is 0.611. The number of hydrogen-bond donors (Lipinski definition) is 1. The molecule has 1 aliphatic heterocycles. The van der Waals surface area contributed by atoms with Gasteiger partial charge in [0.25, 0.3) is 0 Å². The Bertz CT molecular complexity index is 792. The highest BCUT2D eigenvalue weighted by Gasteiger charge is 2.36. The predicted octanol–water partition coefficient (Wildman–Crippen LogP) is 4.07. The van der Waals surface area contributed by atoms with Crippen LogP contribution in [0, 0.1) is 5.92 Å². The third kappa shape index (κ3) is 5.61. The Kier molecular flexibility index (Phi) is 7.75. The van der Waals surface area contributed by atoms with Gasteiger partial charge in [0.05, 0.1) is 10.6 Å². The van der Waals surface area contributed by atoms with E-state index in [4.69, 9.17) is 11.6 Å². The van der Waals surface area contributed by atoms with Crippen molar-refractivity contribution in [1.29, 1.82) is 0 Å². The molecular formula is C18H24ClF3N2O3S. The summed E-state index contributed by atoms with van der Waals surface area (Å²) in [7, 11) is -4.18. The molecule has 2 rings (SSSR count). The van der Waals surface area contributed by atoms with Crippen molar-refractivity contribution in [3.05, 3.63) is 28.8 Å². The fourth-order valence-corrected chi connectivity index (χ4v) is 5.08. The molecule has 0 bridgehead atoms. The zero-order valence-electron chi connectivity index (χ0n) is 15.6. The second kappa shape index (κ2) is 9.45. The van der Waals surface area contributed by atoms with E-state index in [2.05, 4.69) is 12.2 Å². The van der Waals surface area contributed by atoms with E-state index in [9.17, 15) is 26.4 Å². The van der Waals surface area contributed by atoms with E-state index in [1.165, 1.54) is 0 Å². The number of amides is 1. The van der Waals surface area contributed by atoms with Gasteiger partial charge >= 0.3 is 6.18 Å². The predicted molar refractivity (Wildman–Crippen MR) is 100 cm³/mol. The number of alkyl halides is 3. The standard InChI is InChI=1S/C18H24ClF3N2O3S/c1-2-3-4-9-23-17(25)13-7-10-24(11-8-13)28(26,27)16-12-14(18(20,21)22)5-6-15(16)19/h5-6,12-13H,2-4,7-11H2,1H3,(H,23,25). The second-order valence-electron chi connectivity index (χ2n) is 6.82. The van der Waals surface area contributed by atoms with Crippen LogP contribution in [0.15, 0.2) is 23.1 Å². The second-order valence-corrected chi connectivity index (χ2v) is 9.13. The van der Waals surface area contributed by atoms with Gasteiger partial charge in [-0.3, -0.25) is 4.79 Å². The van der Waals surface area contributed by atoms with Crippen LogP contribution in [0.3, 0.4) is 0 Å². The normalized spacial score (nSPS) is 16.9. The van der Waals surface area contributed by atoms with E-state index in [0.29, 0.717) is 25.5 Å². The van der Waals surface area contributed by atoms with Gasteiger partial charge in [0.1, 0.15) is 4.90 Å². The van der Waals surface area contributed by atoms with E-state index in [1.807, 2.05) is 0 Å². The van der Waals surface area contributed by atoms with Crippen LogP contribution in [-0.4, -0.2) is 38.3 Å². The average Bonchev–Trinajstić information content (AvgIpc) is 2.64. The quantitative estimate of drug-likeness (QED) is 0.650. The zero-order chi connectivity index (χ0) is 20.9. The summed E-state index contributed by atoms with van der Waals surface area (Å²) < 4.78 is 65.4. The van der Waals surface area contributed by atoms with Crippen LogP contribution in [0.25, 0.3) is 0 Å². The lowest BCUT2D eigenvalue weighted by atomic mass is 9.97. The number of halogens is 4. The van der Waals surface area contributed by atoms with Crippen molar-refractivity contribution in [3.63, 3.8) is 0 Å².